The first-order chi connectivity index (χ1) is 6.27. The van der Waals surface area contributed by atoms with Crippen LogP contribution in [0.2, 0.25) is 0 Å². The topological polar surface area (TPSA) is 62.1 Å². The minimum absolute atomic E-state index is 0.257. The lowest BCUT2D eigenvalue weighted by atomic mass is 10.5. The van der Waals surface area contributed by atoms with Gasteiger partial charge in [-0.2, -0.15) is 9.97 Å². The molecule has 0 saturated heterocycles. The van der Waals surface area contributed by atoms with E-state index in [2.05, 4.69) is 21.5 Å². The van der Waals surface area contributed by atoms with Crippen molar-refractivity contribution < 1.29 is 5.11 Å². The lowest BCUT2D eigenvalue weighted by Gasteiger charge is -2.17. The van der Waals surface area contributed by atoms with E-state index >= 15 is 0 Å². The number of aromatic hydroxyl groups is 1. The van der Waals surface area contributed by atoms with Gasteiger partial charge in [0.05, 0.1) is 0 Å². The molecule has 5 nitrogen and oxygen atoms in total. The number of hydrogen-bond donors (Lipinski definition) is 1. The molecule has 0 saturated carbocycles. The van der Waals surface area contributed by atoms with Crippen molar-refractivity contribution in [1.29, 1.82) is 0 Å². The number of rotatable bonds is 4. The van der Waals surface area contributed by atoms with E-state index in [1.807, 2.05) is 11.8 Å². The van der Waals surface area contributed by atoms with E-state index in [1.165, 1.54) is 6.33 Å². The summed E-state index contributed by atoms with van der Waals surface area (Å²) >= 11 is 0. The first-order valence-electron chi connectivity index (χ1n) is 4.01. The third-order valence-corrected chi connectivity index (χ3v) is 1.56. The Morgan fingerprint density at radius 3 is 2.92 bits per heavy atom. The average molecular weight is 180 g/mol. The normalized spacial score (nSPS) is 9.62. The fraction of sp³-hybridized carbons (Fsp3) is 0.375. The molecule has 0 radical (unpaired) electrons. The molecule has 0 bridgehead atoms. The summed E-state index contributed by atoms with van der Waals surface area (Å²) < 4.78 is 0. The molecule has 0 aliphatic carbocycles. The van der Waals surface area contributed by atoms with Crippen LogP contribution < -0.4 is 4.90 Å². The number of nitrogens with zero attached hydrogens (tertiary/aromatic N) is 4. The number of likely N-dealkylation sites (N-methyl/N-ethyl adjacent to an activating group) is 1. The Kier molecular flexibility index (Phi) is 3.19. The van der Waals surface area contributed by atoms with Crippen LogP contribution in [0.1, 0.15) is 6.92 Å². The van der Waals surface area contributed by atoms with Crippen molar-refractivity contribution in [2.45, 2.75) is 6.92 Å². The van der Waals surface area contributed by atoms with Gasteiger partial charge >= 0.3 is 6.01 Å². The maximum absolute atomic E-state index is 9.01. The van der Waals surface area contributed by atoms with Crippen molar-refractivity contribution in [1.82, 2.24) is 15.0 Å². The van der Waals surface area contributed by atoms with Crippen molar-refractivity contribution in [3.8, 4) is 6.01 Å². The molecule has 0 amide bonds. The number of hydrogen-bond acceptors (Lipinski definition) is 5. The Labute approximate surface area is 76.8 Å². The monoisotopic (exact) mass is 180 g/mol. The van der Waals surface area contributed by atoms with Crippen LogP contribution in [-0.4, -0.2) is 33.1 Å². The summed E-state index contributed by atoms with van der Waals surface area (Å²) in [6.45, 7) is 7.01. The van der Waals surface area contributed by atoms with Crippen molar-refractivity contribution >= 4 is 5.95 Å². The van der Waals surface area contributed by atoms with Gasteiger partial charge in [-0.3, -0.25) is 0 Å². The van der Waals surface area contributed by atoms with Gasteiger partial charge in [-0.05, 0) is 6.92 Å². The largest absolute Gasteiger partial charge is 0.479 e. The van der Waals surface area contributed by atoms with Gasteiger partial charge in [0.1, 0.15) is 6.33 Å². The Bertz CT molecular complexity index is 289. The summed E-state index contributed by atoms with van der Waals surface area (Å²) in [5.74, 6) is 0.468. The molecule has 13 heavy (non-hydrogen) atoms. The summed E-state index contributed by atoms with van der Waals surface area (Å²) in [5.41, 5.74) is 0. The van der Waals surface area contributed by atoms with E-state index in [-0.39, 0.29) is 6.01 Å². The molecule has 70 valence electrons. The van der Waals surface area contributed by atoms with Crippen LogP contribution in [0.15, 0.2) is 19.0 Å². The maximum atomic E-state index is 9.01. The highest BCUT2D eigenvalue weighted by Gasteiger charge is 2.05. The van der Waals surface area contributed by atoms with Gasteiger partial charge in [-0.15, -0.1) is 6.58 Å². The minimum atomic E-state index is -0.257. The smallest absolute Gasteiger partial charge is 0.318 e. The van der Waals surface area contributed by atoms with E-state index in [9.17, 15) is 0 Å². The van der Waals surface area contributed by atoms with Gasteiger partial charge in [-0.1, -0.05) is 6.08 Å². The summed E-state index contributed by atoms with van der Waals surface area (Å²) in [6.07, 6.45) is 3.04. The molecular formula is C8H12N4O. The molecule has 0 spiro atoms. The van der Waals surface area contributed by atoms with Gasteiger partial charge in [-0.25, -0.2) is 4.98 Å². The quantitative estimate of drug-likeness (QED) is 0.687. The minimum Gasteiger partial charge on any atom is -0.479 e. The summed E-state index contributed by atoms with van der Waals surface area (Å²) in [7, 11) is 0. The fourth-order valence-electron chi connectivity index (χ4n) is 0.940. The van der Waals surface area contributed by atoms with Crippen LogP contribution >= 0.6 is 0 Å². The predicted molar refractivity (Wildman–Crippen MR) is 49.6 cm³/mol. The molecular weight excluding hydrogens is 168 g/mol. The summed E-state index contributed by atoms with van der Waals surface area (Å²) in [4.78, 5) is 13.1. The highest BCUT2D eigenvalue weighted by atomic mass is 16.3. The first kappa shape index (κ1) is 9.44. The number of anilines is 1. The number of aromatic nitrogens is 3. The van der Waals surface area contributed by atoms with Crippen molar-refractivity contribution in [3.63, 3.8) is 0 Å². The molecule has 0 atom stereocenters. The van der Waals surface area contributed by atoms with Gasteiger partial charge < -0.3 is 10.0 Å². The Morgan fingerprint density at radius 2 is 2.38 bits per heavy atom. The second kappa shape index (κ2) is 4.39. The fourth-order valence-corrected chi connectivity index (χ4v) is 0.940. The zero-order chi connectivity index (χ0) is 9.68. The van der Waals surface area contributed by atoms with E-state index in [0.29, 0.717) is 12.5 Å². The molecule has 1 N–H and O–H groups in total. The van der Waals surface area contributed by atoms with E-state index in [0.717, 1.165) is 6.54 Å². The summed E-state index contributed by atoms with van der Waals surface area (Å²) in [6, 6.07) is -0.257. The predicted octanol–water partition coefficient (Wildman–Crippen LogP) is 0.589. The Hall–Kier alpha value is -1.65. The zero-order valence-corrected chi connectivity index (χ0v) is 7.51. The Balaban J connectivity index is 2.84. The van der Waals surface area contributed by atoms with Crippen LogP contribution in [0, 0.1) is 0 Å². The lowest BCUT2D eigenvalue weighted by molar-refractivity contribution is 0.427. The van der Waals surface area contributed by atoms with Crippen molar-refractivity contribution in [3.05, 3.63) is 19.0 Å². The molecule has 0 fully saturated rings. The van der Waals surface area contributed by atoms with E-state index < -0.39 is 0 Å². The van der Waals surface area contributed by atoms with E-state index in [1.54, 1.807) is 6.08 Å². The molecule has 0 aromatic carbocycles. The highest BCUT2D eigenvalue weighted by molar-refractivity contribution is 5.29. The maximum Gasteiger partial charge on any atom is 0.318 e. The zero-order valence-electron chi connectivity index (χ0n) is 7.51. The standard InChI is InChI=1S/C8H12N4O/c1-3-5-12(4-2)7-9-6-10-8(13)11-7/h3,6H,1,4-5H2,2H3,(H,9,10,11,13). The molecule has 5 heteroatoms. The second-order valence-corrected chi connectivity index (χ2v) is 2.41. The van der Waals surface area contributed by atoms with Crippen LogP contribution in [0.4, 0.5) is 5.95 Å². The second-order valence-electron chi connectivity index (χ2n) is 2.41. The third-order valence-electron chi connectivity index (χ3n) is 1.56. The van der Waals surface area contributed by atoms with Crippen LogP contribution in [0.5, 0.6) is 6.01 Å². The molecule has 1 heterocycles. The molecule has 1 rings (SSSR count). The van der Waals surface area contributed by atoms with Gasteiger partial charge in [0.15, 0.2) is 0 Å². The van der Waals surface area contributed by atoms with Crippen LogP contribution in [0.25, 0.3) is 0 Å². The van der Waals surface area contributed by atoms with Gasteiger partial charge in [0.25, 0.3) is 0 Å². The molecule has 0 aliphatic rings. The SMILES string of the molecule is C=CCN(CC)c1ncnc(O)n1. The van der Waals surface area contributed by atoms with Crippen LogP contribution in [0.3, 0.4) is 0 Å². The van der Waals surface area contributed by atoms with Crippen LogP contribution in [-0.2, 0) is 0 Å². The lowest BCUT2D eigenvalue weighted by Crippen LogP contribution is -2.24. The average Bonchev–Trinajstić information content (AvgIpc) is 2.14. The van der Waals surface area contributed by atoms with Gasteiger partial charge in [0.2, 0.25) is 5.95 Å². The van der Waals surface area contributed by atoms with E-state index in [4.69, 9.17) is 5.11 Å². The molecule has 1 aromatic heterocycles. The highest BCUT2D eigenvalue weighted by Crippen LogP contribution is 2.07. The Morgan fingerprint density at radius 1 is 1.62 bits per heavy atom. The third kappa shape index (κ3) is 2.40. The van der Waals surface area contributed by atoms with Gasteiger partial charge in [0, 0.05) is 13.1 Å². The molecule has 0 aliphatic heterocycles. The molecule has 1 aromatic rings. The molecule has 0 unspecified atom stereocenters. The summed E-state index contributed by atoms with van der Waals surface area (Å²) in [5, 5.41) is 9.01. The van der Waals surface area contributed by atoms with Crippen molar-refractivity contribution in [2.24, 2.45) is 0 Å². The van der Waals surface area contributed by atoms with Crippen molar-refractivity contribution in [2.75, 3.05) is 18.0 Å². The first-order valence-corrected chi connectivity index (χ1v) is 4.01.